The quantitative estimate of drug-likeness (QED) is 0.400. The first kappa shape index (κ1) is 19.3. The van der Waals surface area contributed by atoms with E-state index in [0.29, 0.717) is 33.7 Å². The molecule has 3 aromatic rings. The Kier molecular flexibility index (Phi) is 5.58. The van der Waals surface area contributed by atoms with Gasteiger partial charge < -0.3 is 14.4 Å². The third-order valence-electron chi connectivity index (χ3n) is 4.14. The monoisotopic (exact) mass is 381 g/mol. The first-order valence-corrected chi connectivity index (χ1v) is 8.87. The van der Waals surface area contributed by atoms with E-state index in [-0.39, 0.29) is 6.61 Å². The lowest BCUT2D eigenvalue weighted by atomic mass is 9.96. The molecule has 2 heterocycles. The van der Waals surface area contributed by atoms with Gasteiger partial charge in [0.2, 0.25) is 0 Å². The maximum Gasteiger partial charge on any atom is 0.340 e. The molecule has 0 aliphatic rings. The van der Waals surface area contributed by atoms with Gasteiger partial charge in [-0.1, -0.05) is 12.1 Å². The molecule has 0 radical (unpaired) electrons. The molecule has 1 N–H and O–H groups in total. The molecule has 0 saturated carbocycles. The SMILES string of the molecule is CCOC(=O)c1c(C)nc2[nH]nc(N=CN(C)C)c2c1-c1ccc(OC)cc1. The van der Waals surface area contributed by atoms with Gasteiger partial charge >= 0.3 is 5.97 Å². The Morgan fingerprint density at radius 2 is 2.00 bits per heavy atom. The fourth-order valence-corrected chi connectivity index (χ4v) is 2.93. The van der Waals surface area contributed by atoms with Crippen molar-refractivity contribution in [3.8, 4) is 16.9 Å². The van der Waals surface area contributed by atoms with E-state index < -0.39 is 5.97 Å². The lowest BCUT2D eigenvalue weighted by Crippen LogP contribution is -2.10. The van der Waals surface area contributed by atoms with Crippen LogP contribution in [0.25, 0.3) is 22.2 Å². The van der Waals surface area contributed by atoms with Gasteiger partial charge in [0.05, 0.1) is 36.7 Å². The number of carbonyl (C=O) groups is 1. The maximum atomic E-state index is 12.8. The molecule has 0 bridgehead atoms. The number of hydrogen-bond donors (Lipinski definition) is 1. The first-order valence-electron chi connectivity index (χ1n) is 8.87. The number of nitrogens with zero attached hydrogens (tertiary/aromatic N) is 4. The summed E-state index contributed by atoms with van der Waals surface area (Å²) in [6.07, 6.45) is 1.65. The Bertz CT molecular complexity index is 1020. The zero-order valence-corrected chi connectivity index (χ0v) is 16.6. The van der Waals surface area contributed by atoms with Crippen molar-refractivity contribution in [1.82, 2.24) is 20.1 Å². The highest BCUT2D eigenvalue weighted by Crippen LogP contribution is 2.38. The van der Waals surface area contributed by atoms with Gasteiger partial charge in [0, 0.05) is 19.7 Å². The van der Waals surface area contributed by atoms with Crippen molar-refractivity contribution in [2.75, 3.05) is 27.8 Å². The summed E-state index contributed by atoms with van der Waals surface area (Å²) in [5.74, 6) is 0.748. The highest BCUT2D eigenvalue weighted by molar-refractivity contribution is 6.10. The van der Waals surface area contributed by atoms with Crippen LogP contribution >= 0.6 is 0 Å². The Morgan fingerprint density at radius 1 is 1.29 bits per heavy atom. The number of aryl methyl sites for hydroxylation is 1. The number of nitrogens with one attached hydrogen (secondary N) is 1. The molecule has 3 rings (SSSR count). The third kappa shape index (κ3) is 3.66. The smallest absolute Gasteiger partial charge is 0.340 e. The number of benzene rings is 1. The molecule has 1 aromatic carbocycles. The number of rotatable bonds is 6. The third-order valence-corrected chi connectivity index (χ3v) is 4.14. The maximum absolute atomic E-state index is 12.8. The van der Waals surface area contributed by atoms with Gasteiger partial charge in [0.25, 0.3) is 0 Å². The van der Waals surface area contributed by atoms with Gasteiger partial charge in [0.15, 0.2) is 11.5 Å². The van der Waals surface area contributed by atoms with Gasteiger partial charge in [-0.05, 0) is 31.5 Å². The predicted octanol–water partition coefficient (Wildman–Crippen LogP) is 3.34. The van der Waals surface area contributed by atoms with Gasteiger partial charge in [-0.25, -0.2) is 14.8 Å². The number of H-pyrrole nitrogens is 1. The van der Waals surface area contributed by atoms with Crippen molar-refractivity contribution in [2.45, 2.75) is 13.8 Å². The van der Waals surface area contributed by atoms with Gasteiger partial charge in [-0.2, -0.15) is 5.10 Å². The lowest BCUT2D eigenvalue weighted by molar-refractivity contribution is 0.0526. The highest BCUT2D eigenvalue weighted by atomic mass is 16.5. The van der Waals surface area contributed by atoms with Crippen LogP contribution in [0.4, 0.5) is 5.82 Å². The molecular weight excluding hydrogens is 358 g/mol. The van der Waals surface area contributed by atoms with Crippen molar-refractivity contribution < 1.29 is 14.3 Å². The molecule has 0 spiro atoms. The van der Waals surface area contributed by atoms with Gasteiger partial charge in [0.1, 0.15) is 5.75 Å². The average Bonchev–Trinajstić information content (AvgIpc) is 3.07. The number of aliphatic imine (C=N–C) groups is 1. The zero-order chi connectivity index (χ0) is 20.3. The van der Waals surface area contributed by atoms with Crippen LogP contribution in [0.5, 0.6) is 5.75 Å². The number of ether oxygens (including phenoxy) is 2. The molecule has 8 heteroatoms. The second-order valence-electron chi connectivity index (χ2n) is 6.38. The molecule has 0 aliphatic heterocycles. The van der Waals surface area contributed by atoms with E-state index in [1.165, 1.54) is 0 Å². The summed E-state index contributed by atoms with van der Waals surface area (Å²) in [5.41, 5.74) is 3.03. The summed E-state index contributed by atoms with van der Waals surface area (Å²) >= 11 is 0. The Morgan fingerprint density at radius 3 is 2.61 bits per heavy atom. The van der Waals surface area contributed by atoms with E-state index >= 15 is 0 Å². The van der Waals surface area contributed by atoms with Crippen molar-refractivity contribution in [2.24, 2.45) is 4.99 Å². The van der Waals surface area contributed by atoms with Crippen LogP contribution in [0.2, 0.25) is 0 Å². The Labute approximate surface area is 163 Å². The zero-order valence-electron chi connectivity index (χ0n) is 16.6. The van der Waals surface area contributed by atoms with E-state index in [1.807, 2.05) is 38.4 Å². The van der Waals surface area contributed by atoms with Crippen molar-refractivity contribution in [1.29, 1.82) is 0 Å². The Balaban J connectivity index is 2.34. The number of carbonyl (C=O) groups excluding carboxylic acids is 1. The minimum atomic E-state index is -0.427. The van der Waals surface area contributed by atoms with E-state index in [4.69, 9.17) is 9.47 Å². The summed E-state index contributed by atoms with van der Waals surface area (Å²) in [7, 11) is 5.35. The largest absolute Gasteiger partial charge is 0.497 e. The second-order valence-corrected chi connectivity index (χ2v) is 6.38. The number of hydrogen-bond acceptors (Lipinski definition) is 6. The number of methoxy groups -OCH3 is 1. The number of esters is 1. The van der Waals surface area contributed by atoms with Crippen LogP contribution in [-0.4, -0.2) is 60.2 Å². The molecule has 8 nitrogen and oxygen atoms in total. The van der Waals surface area contributed by atoms with Crippen molar-refractivity contribution >= 4 is 29.2 Å². The highest BCUT2D eigenvalue weighted by Gasteiger charge is 2.24. The van der Waals surface area contributed by atoms with Crippen LogP contribution < -0.4 is 4.74 Å². The Hall–Kier alpha value is -3.42. The standard InChI is InChI=1S/C20H23N5O3/c1-6-28-20(26)15-12(2)22-19-17(18(23-24-19)21-11-25(3)4)16(15)13-7-9-14(27-5)10-8-13/h7-11H,6H2,1-5H3,(H,22,23,24). The van der Waals surface area contributed by atoms with Crippen LogP contribution in [0.3, 0.4) is 0 Å². The van der Waals surface area contributed by atoms with E-state index in [2.05, 4.69) is 20.2 Å². The topological polar surface area (TPSA) is 92.7 Å². The van der Waals surface area contributed by atoms with Crippen LogP contribution in [0.1, 0.15) is 23.0 Å². The summed E-state index contributed by atoms with van der Waals surface area (Å²) in [5, 5.41) is 7.86. The summed E-state index contributed by atoms with van der Waals surface area (Å²) in [6, 6.07) is 7.47. The number of fused-ring (bicyclic) bond motifs is 1. The molecule has 0 saturated heterocycles. The van der Waals surface area contributed by atoms with E-state index in [9.17, 15) is 4.79 Å². The summed E-state index contributed by atoms with van der Waals surface area (Å²) in [4.78, 5) is 23.5. The van der Waals surface area contributed by atoms with Crippen LogP contribution in [-0.2, 0) is 4.74 Å². The molecule has 28 heavy (non-hydrogen) atoms. The first-order chi connectivity index (χ1) is 13.5. The second kappa shape index (κ2) is 8.08. The van der Waals surface area contributed by atoms with E-state index in [1.54, 1.807) is 32.2 Å². The normalized spacial score (nSPS) is 11.2. The fraction of sp³-hybridized carbons (Fsp3) is 0.300. The number of aromatic nitrogens is 3. The van der Waals surface area contributed by atoms with E-state index in [0.717, 1.165) is 11.3 Å². The molecule has 2 aromatic heterocycles. The predicted molar refractivity (Wildman–Crippen MR) is 108 cm³/mol. The molecule has 0 atom stereocenters. The molecule has 0 amide bonds. The molecule has 0 aliphatic carbocycles. The molecule has 0 unspecified atom stereocenters. The fourth-order valence-electron chi connectivity index (χ4n) is 2.93. The minimum Gasteiger partial charge on any atom is -0.497 e. The van der Waals surface area contributed by atoms with Crippen LogP contribution in [0, 0.1) is 6.92 Å². The van der Waals surface area contributed by atoms with Crippen LogP contribution in [0.15, 0.2) is 29.3 Å². The van der Waals surface area contributed by atoms with Gasteiger partial charge in [-0.3, -0.25) is 5.10 Å². The molecule has 146 valence electrons. The minimum absolute atomic E-state index is 0.273. The summed E-state index contributed by atoms with van der Waals surface area (Å²) < 4.78 is 10.6. The number of aromatic amines is 1. The lowest BCUT2D eigenvalue weighted by Gasteiger charge is -2.13. The van der Waals surface area contributed by atoms with Crippen molar-refractivity contribution in [3.05, 3.63) is 35.5 Å². The summed E-state index contributed by atoms with van der Waals surface area (Å²) in [6.45, 7) is 3.83. The average molecular weight is 381 g/mol. The van der Waals surface area contributed by atoms with Crippen molar-refractivity contribution in [3.63, 3.8) is 0 Å². The number of pyridine rings is 1. The molecular formula is C20H23N5O3. The molecule has 0 fully saturated rings. The van der Waals surface area contributed by atoms with Gasteiger partial charge in [-0.15, -0.1) is 0 Å².